The van der Waals surface area contributed by atoms with Gasteiger partial charge in [0.25, 0.3) is 0 Å². The molecule has 68 valence electrons. The fraction of sp³-hybridized carbons (Fsp3) is 0.889. The number of aliphatic hydroxyl groups is 1. The summed E-state index contributed by atoms with van der Waals surface area (Å²) in [5.74, 6) is 0.222. The minimum absolute atomic E-state index is 0.0961. The van der Waals surface area contributed by atoms with Crippen molar-refractivity contribution in [3.8, 4) is 0 Å². The molecule has 12 heavy (non-hydrogen) atoms. The fourth-order valence-electron chi connectivity index (χ4n) is 2.43. The number of hydrogen-bond donors (Lipinski definition) is 1. The number of carbonyl (C=O) groups excluding carboxylic acids is 1. The SMILES string of the molecule is C[C@]1(O)CCCN2C(=O)CC[C@@H]21. The molecular formula is C9H15NO2. The van der Waals surface area contributed by atoms with E-state index in [4.69, 9.17) is 0 Å². The number of rotatable bonds is 0. The Balaban J connectivity index is 2.21. The highest BCUT2D eigenvalue weighted by Crippen LogP contribution is 2.34. The number of amides is 1. The number of carbonyl (C=O) groups is 1. The van der Waals surface area contributed by atoms with Crippen LogP contribution in [0, 0.1) is 0 Å². The Kier molecular flexibility index (Phi) is 1.65. The summed E-state index contributed by atoms with van der Waals surface area (Å²) in [7, 11) is 0. The van der Waals surface area contributed by atoms with Crippen LogP contribution in [-0.4, -0.2) is 34.1 Å². The summed E-state index contributed by atoms with van der Waals surface area (Å²) < 4.78 is 0. The highest BCUT2D eigenvalue weighted by Gasteiger charge is 2.44. The maximum atomic E-state index is 11.3. The van der Waals surface area contributed by atoms with Gasteiger partial charge in [0.05, 0.1) is 11.6 Å². The average Bonchev–Trinajstić information content (AvgIpc) is 2.33. The van der Waals surface area contributed by atoms with Crippen molar-refractivity contribution >= 4 is 5.91 Å². The molecule has 0 aromatic carbocycles. The van der Waals surface area contributed by atoms with Crippen LogP contribution in [0.15, 0.2) is 0 Å². The highest BCUT2D eigenvalue weighted by molar-refractivity contribution is 5.79. The van der Waals surface area contributed by atoms with Gasteiger partial charge in [-0.25, -0.2) is 0 Å². The molecule has 0 spiro atoms. The Morgan fingerprint density at radius 3 is 3.08 bits per heavy atom. The normalized spacial score (nSPS) is 41.7. The van der Waals surface area contributed by atoms with Gasteiger partial charge in [-0.1, -0.05) is 0 Å². The zero-order valence-corrected chi connectivity index (χ0v) is 7.42. The third-order valence-electron chi connectivity index (χ3n) is 3.13. The van der Waals surface area contributed by atoms with Crippen LogP contribution in [-0.2, 0) is 4.79 Å². The second kappa shape index (κ2) is 2.46. The van der Waals surface area contributed by atoms with Crippen LogP contribution in [0.25, 0.3) is 0 Å². The third-order valence-corrected chi connectivity index (χ3v) is 3.13. The van der Waals surface area contributed by atoms with Crippen LogP contribution in [0.2, 0.25) is 0 Å². The van der Waals surface area contributed by atoms with E-state index in [9.17, 15) is 9.90 Å². The lowest BCUT2D eigenvalue weighted by Crippen LogP contribution is -2.53. The minimum atomic E-state index is -0.635. The van der Waals surface area contributed by atoms with Crippen LogP contribution in [0.5, 0.6) is 0 Å². The number of hydrogen-bond acceptors (Lipinski definition) is 2. The lowest BCUT2D eigenvalue weighted by Gasteiger charge is -2.41. The molecule has 2 aliphatic rings. The zero-order chi connectivity index (χ0) is 8.77. The maximum Gasteiger partial charge on any atom is 0.222 e. The minimum Gasteiger partial charge on any atom is -0.388 e. The molecule has 2 heterocycles. The topological polar surface area (TPSA) is 40.5 Å². The van der Waals surface area contributed by atoms with E-state index in [1.54, 1.807) is 0 Å². The summed E-state index contributed by atoms with van der Waals surface area (Å²) in [6.45, 7) is 2.70. The van der Waals surface area contributed by atoms with Gasteiger partial charge < -0.3 is 10.0 Å². The van der Waals surface area contributed by atoms with Crippen LogP contribution < -0.4 is 0 Å². The van der Waals surface area contributed by atoms with E-state index in [1.165, 1.54) is 0 Å². The first-order valence-corrected chi connectivity index (χ1v) is 4.63. The quantitative estimate of drug-likeness (QED) is 0.574. The first-order chi connectivity index (χ1) is 5.61. The molecule has 3 nitrogen and oxygen atoms in total. The number of nitrogens with zero attached hydrogens (tertiary/aromatic N) is 1. The van der Waals surface area contributed by atoms with Crippen molar-refractivity contribution in [2.75, 3.05) is 6.54 Å². The van der Waals surface area contributed by atoms with Gasteiger partial charge in [-0.3, -0.25) is 4.79 Å². The summed E-state index contributed by atoms with van der Waals surface area (Å²) >= 11 is 0. The van der Waals surface area contributed by atoms with Gasteiger partial charge in [-0.15, -0.1) is 0 Å². The largest absolute Gasteiger partial charge is 0.388 e. The standard InChI is InChI=1S/C9H15NO2/c1-9(12)5-2-6-10-7(9)3-4-8(10)11/h7,12H,2-6H2,1H3/t7-,9+/m1/s1. The Morgan fingerprint density at radius 1 is 1.67 bits per heavy atom. The van der Waals surface area contributed by atoms with E-state index in [1.807, 2.05) is 11.8 Å². The summed E-state index contributed by atoms with van der Waals surface area (Å²) in [5.41, 5.74) is -0.635. The Bertz CT molecular complexity index is 213. The van der Waals surface area contributed by atoms with Crippen LogP contribution >= 0.6 is 0 Å². The van der Waals surface area contributed by atoms with Crippen molar-refractivity contribution < 1.29 is 9.90 Å². The van der Waals surface area contributed by atoms with E-state index >= 15 is 0 Å². The molecule has 0 aromatic heterocycles. The first kappa shape index (κ1) is 8.05. The molecule has 1 amide bonds. The van der Waals surface area contributed by atoms with Gasteiger partial charge in [-0.05, 0) is 26.2 Å². The summed E-state index contributed by atoms with van der Waals surface area (Å²) in [6, 6.07) is 0.0961. The van der Waals surface area contributed by atoms with Gasteiger partial charge in [-0.2, -0.15) is 0 Å². The molecule has 0 radical (unpaired) electrons. The summed E-state index contributed by atoms with van der Waals surface area (Å²) in [4.78, 5) is 13.2. The lowest BCUT2D eigenvalue weighted by molar-refractivity contribution is -0.136. The van der Waals surface area contributed by atoms with E-state index in [0.717, 1.165) is 25.8 Å². The van der Waals surface area contributed by atoms with Crippen molar-refractivity contribution in [2.24, 2.45) is 0 Å². The molecule has 2 fully saturated rings. The Morgan fingerprint density at radius 2 is 2.42 bits per heavy atom. The van der Waals surface area contributed by atoms with Crippen molar-refractivity contribution in [3.63, 3.8) is 0 Å². The second-order valence-corrected chi connectivity index (χ2v) is 4.10. The van der Waals surface area contributed by atoms with Gasteiger partial charge in [0.15, 0.2) is 0 Å². The van der Waals surface area contributed by atoms with Gasteiger partial charge >= 0.3 is 0 Å². The fourth-order valence-corrected chi connectivity index (χ4v) is 2.43. The third kappa shape index (κ3) is 1.04. The predicted molar refractivity (Wildman–Crippen MR) is 44.6 cm³/mol. The van der Waals surface area contributed by atoms with Crippen molar-refractivity contribution in [1.29, 1.82) is 0 Å². The molecule has 0 unspecified atom stereocenters. The first-order valence-electron chi connectivity index (χ1n) is 4.63. The Labute approximate surface area is 72.4 Å². The smallest absolute Gasteiger partial charge is 0.222 e. The summed E-state index contributed by atoms with van der Waals surface area (Å²) in [5, 5.41) is 9.97. The van der Waals surface area contributed by atoms with Crippen molar-refractivity contribution in [3.05, 3.63) is 0 Å². The average molecular weight is 169 g/mol. The number of fused-ring (bicyclic) bond motifs is 1. The molecule has 1 N–H and O–H groups in total. The molecule has 3 heteroatoms. The summed E-state index contributed by atoms with van der Waals surface area (Å²) in [6.07, 6.45) is 3.24. The van der Waals surface area contributed by atoms with E-state index < -0.39 is 5.60 Å². The molecule has 2 aliphatic heterocycles. The van der Waals surface area contributed by atoms with E-state index in [2.05, 4.69) is 0 Å². The molecule has 2 saturated heterocycles. The monoisotopic (exact) mass is 169 g/mol. The number of piperidine rings is 1. The van der Waals surface area contributed by atoms with Crippen LogP contribution in [0.4, 0.5) is 0 Å². The van der Waals surface area contributed by atoms with Crippen molar-refractivity contribution in [1.82, 2.24) is 4.90 Å². The van der Waals surface area contributed by atoms with Crippen LogP contribution in [0.1, 0.15) is 32.6 Å². The van der Waals surface area contributed by atoms with Crippen LogP contribution in [0.3, 0.4) is 0 Å². The Hall–Kier alpha value is -0.570. The molecule has 0 aromatic rings. The highest BCUT2D eigenvalue weighted by atomic mass is 16.3. The second-order valence-electron chi connectivity index (χ2n) is 4.10. The maximum absolute atomic E-state index is 11.3. The van der Waals surface area contributed by atoms with Gasteiger partial charge in [0.2, 0.25) is 5.91 Å². The van der Waals surface area contributed by atoms with Gasteiger partial charge in [0, 0.05) is 13.0 Å². The predicted octanol–water partition coefficient (Wildman–Crippen LogP) is 0.522. The zero-order valence-electron chi connectivity index (χ0n) is 7.42. The lowest BCUT2D eigenvalue weighted by atomic mass is 9.86. The molecule has 0 aliphatic carbocycles. The van der Waals surface area contributed by atoms with E-state index in [-0.39, 0.29) is 11.9 Å². The van der Waals surface area contributed by atoms with Gasteiger partial charge in [0.1, 0.15) is 0 Å². The molecular weight excluding hydrogens is 154 g/mol. The molecule has 2 atom stereocenters. The molecule has 2 rings (SSSR count). The molecule has 0 bridgehead atoms. The van der Waals surface area contributed by atoms with Crippen molar-refractivity contribution in [2.45, 2.75) is 44.2 Å². The molecule has 0 saturated carbocycles. The van der Waals surface area contributed by atoms with E-state index in [0.29, 0.717) is 6.42 Å².